The molecule has 1 aliphatic heterocycles. The molecule has 0 bridgehead atoms. The highest BCUT2D eigenvalue weighted by Crippen LogP contribution is 2.26. The van der Waals surface area contributed by atoms with Crippen molar-refractivity contribution in [2.75, 3.05) is 18.4 Å². The van der Waals surface area contributed by atoms with E-state index in [4.69, 9.17) is 0 Å². The van der Waals surface area contributed by atoms with E-state index in [-0.39, 0.29) is 6.04 Å². The van der Waals surface area contributed by atoms with Crippen LogP contribution in [0, 0.1) is 6.92 Å². The Labute approximate surface area is 123 Å². The van der Waals surface area contributed by atoms with Crippen LogP contribution in [0.3, 0.4) is 0 Å². The van der Waals surface area contributed by atoms with Gasteiger partial charge in [-0.15, -0.1) is 10.2 Å². The standard InChI is InChI=1S/C13H20N8/c1-8(13-18-20-21-19-13)15-12-7-11(16-9(2)17-12)10-3-5-14-6-4-10/h7-8,10,14H,3-6H2,1-2H3,(H,15,16,17)(H,18,19,20,21). The van der Waals surface area contributed by atoms with Gasteiger partial charge < -0.3 is 10.6 Å². The van der Waals surface area contributed by atoms with Crippen molar-refractivity contribution >= 4 is 5.82 Å². The summed E-state index contributed by atoms with van der Waals surface area (Å²) >= 11 is 0. The summed E-state index contributed by atoms with van der Waals surface area (Å²) in [6.07, 6.45) is 2.24. The van der Waals surface area contributed by atoms with Crippen LogP contribution in [0.25, 0.3) is 0 Å². The number of rotatable bonds is 4. The number of aryl methyl sites for hydroxylation is 1. The minimum absolute atomic E-state index is 0.0566. The van der Waals surface area contributed by atoms with Gasteiger partial charge in [-0.1, -0.05) is 5.21 Å². The zero-order chi connectivity index (χ0) is 14.7. The predicted molar refractivity (Wildman–Crippen MR) is 77.8 cm³/mol. The van der Waals surface area contributed by atoms with Crippen LogP contribution >= 0.6 is 0 Å². The maximum absolute atomic E-state index is 4.60. The van der Waals surface area contributed by atoms with Gasteiger partial charge in [0, 0.05) is 17.7 Å². The van der Waals surface area contributed by atoms with Crippen LogP contribution in [-0.2, 0) is 0 Å². The van der Waals surface area contributed by atoms with E-state index in [2.05, 4.69) is 41.2 Å². The molecule has 0 aromatic carbocycles. The lowest BCUT2D eigenvalue weighted by Crippen LogP contribution is -2.27. The first-order chi connectivity index (χ1) is 10.2. The fraction of sp³-hybridized carbons (Fsp3) is 0.615. The van der Waals surface area contributed by atoms with Crippen molar-refractivity contribution < 1.29 is 0 Å². The molecule has 3 N–H and O–H groups in total. The SMILES string of the molecule is Cc1nc(NC(C)c2nn[nH]n2)cc(C2CCNCC2)n1. The molecule has 0 spiro atoms. The van der Waals surface area contributed by atoms with Gasteiger partial charge in [-0.05, 0) is 39.8 Å². The van der Waals surface area contributed by atoms with Crippen LogP contribution in [0.1, 0.15) is 49.1 Å². The second kappa shape index (κ2) is 6.13. The third-order valence-electron chi connectivity index (χ3n) is 3.73. The van der Waals surface area contributed by atoms with E-state index >= 15 is 0 Å². The van der Waals surface area contributed by atoms with Gasteiger partial charge in [0.2, 0.25) is 0 Å². The van der Waals surface area contributed by atoms with Gasteiger partial charge in [0.25, 0.3) is 0 Å². The summed E-state index contributed by atoms with van der Waals surface area (Å²) in [5, 5.41) is 20.7. The summed E-state index contributed by atoms with van der Waals surface area (Å²) in [5.74, 6) is 2.73. The molecule has 0 amide bonds. The highest BCUT2D eigenvalue weighted by atomic mass is 15.5. The lowest BCUT2D eigenvalue weighted by Gasteiger charge is -2.23. The fourth-order valence-electron chi connectivity index (χ4n) is 2.63. The van der Waals surface area contributed by atoms with Gasteiger partial charge in [-0.25, -0.2) is 9.97 Å². The number of tetrazole rings is 1. The molecule has 2 aromatic heterocycles. The third kappa shape index (κ3) is 3.33. The Morgan fingerprint density at radius 3 is 2.81 bits per heavy atom. The van der Waals surface area contributed by atoms with Crippen LogP contribution in [-0.4, -0.2) is 43.7 Å². The van der Waals surface area contributed by atoms with Crippen LogP contribution in [0.2, 0.25) is 0 Å². The fourth-order valence-corrected chi connectivity index (χ4v) is 2.63. The van der Waals surface area contributed by atoms with E-state index < -0.39 is 0 Å². The molecule has 3 heterocycles. The molecule has 8 heteroatoms. The minimum atomic E-state index is -0.0566. The molecule has 3 rings (SSSR count). The molecule has 1 fully saturated rings. The number of H-pyrrole nitrogens is 1. The Morgan fingerprint density at radius 1 is 1.29 bits per heavy atom. The van der Waals surface area contributed by atoms with Gasteiger partial charge in [0.05, 0.1) is 6.04 Å². The molecular formula is C13H20N8. The van der Waals surface area contributed by atoms with Gasteiger partial charge in [-0.2, -0.15) is 5.21 Å². The van der Waals surface area contributed by atoms with E-state index in [1.165, 1.54) is 0 Å². The molecule has 0 saturated carbocycles. The monoisotopic (exact) mass is 288 g/mol. The van der Waals surface area contributed by atoms with Crippen molar-refractivity contribution in [2.24, 2.45) is 0 Å². The van der Waals surface area contributed by atoms with Crippen molar-refractivity contribution in [3.05, 3.63) is 23.4 Å². The van der Waals surface area contributed by atoms with Crippen LogP contribution in [0.5, 0.6) is 0 Å². The maximum atomic E-state index is 4.60. The zero-order valence-corrected chi connectivity index (χ0v) is 12.3. The molecule has 1 atom stereocenters. The second-order valence-corrected chi connectivity index (χ2v) is 5.39. The normalized spacial score (nSPS) is 17.6. The molecule has 2 aromatic rings. The Balaban J connectivity index is 1.77. The van der Waals surface area contributed by atoms with E-state index in [1.807, 2.05) is 19.9 Å². The quantitative estimate of drug-likeness (QED) is 0.769. The molecule has 8 nitrogen and oxygen atoms in total. The molecule has 112 valence electrons. The molecule has 1 aliphatic rings. The smallest absolute Gasteiger partial charge is 0.196 e. The van der Waals surface area contributed by atoms with E-state index in [0.717, 1.165) is 43.3 Å². The van der Waals surface area contributed by atoms with Crippen molar-refractivity contribution in [3.8, 4) is 0 Å². The highest BCUT2D eigenvalue weighted by molar-refractivity contribution is 5.38. The number of hydrogen-bond donors (Lipinski definition) is 3. The zero-order valence-electron chi connectivity index (χ0n) is 12.3. The minimum Gasteiger partial charge on any atom is -0.360 e. The molecule has 1 unspecified atom stereocenters. The molecule has 1 saturated heterocycles. The maximum Gasteiger partial charge on any atom is 0.196 e. The summed E-state index contributed by atoms with van der Waals surface area (Å²) in [6, 6.07) is 1.98. The summed E-state index contributed by atoms with van der Waals surface area (Å²) in [4.78, 5) is 9.05. The molecule has 0 aliphatic carbocycles. The first kappa shape index (κ1) is 13.9. The summed E-state index contributed by atoms with van der Waals surface area (Å²) in [7, 11) is 0. The van der Waals surface area contributed by atoms with Crippen molar-refractivity contribution in [1.82, 2.24) is 35.9 Å². The van der Waals surface area contributed by atoms with Gasteiger partial charge in [0.1, 0.15) is 11.6 Å². The van der Waals surface area contributed by atoms with E-state index in [9.17, 15) is 0 Å². The van der Waals surface area contributed by atoms with E-state index in [1.54, 1.807) is 0 Å². The van der Waals surface area contributed by atoms with Crippen molar-refractivity contribution in [3.63, 3.8) is 0 Å². The predicted octanol–water partition coefficient (Wildman–Crippen LogP) is 0.938. The third-order valence-corrected chi connectivity index (χ3v) is 3.73. The number of anilines is 1. The van der Waals surface area contributed by atoms with Gasteiger partial charge in [0.15, 0.2) is 5.82 Å². The summed E-state index contributed by atoms with van der Waals surface area (Å²) in [5.41, 5.74) is 1.12. The second-order valence-electron chi connectivity index (χ2n) is 5.39. The summed E-state index contributed by atoms with van der Waals surface area (Å²) < 4.78 is 0. The lowest BCUT2D eigenvalue weighted by molar-refractivity contribution is 0.452. The lowest BCUT2D eigenvalue weighted by atomic mass is 9.94. The number of nitrogens with zero attached hydrogens (tertiary/aromatic N) is 5. The van der Waals surface area contributed by atoms with Crippen LogP contribution < -0.4 is 10.6 Å². The molecular weight excluding hydrogens is 268 g/mol. The Morgan fingerprint density at radius 2 is 2.10 bits per heavy atom. The first-order valence-corrected chi connectivity index (χ1v) is 7.28. The average molecular weight is 288 g/mol. The highest BCUT2D eigenvalue weighted by Gasteiger charge is 2.18. The largest absolute Gasteiger partial charge is 0.360 e. The number of aromatic amines is 1. The van der Waals surface area contributed by atoms with Crippen molar-refractivity contribution in [2.45, 2.75) is 38.6 Å². The molecule has 0 radical (unpaired) electrons. The van der Waals surface area contributed by atoms with Crippen molar-refractivity contribution in [1.29, 1.82) is 0 Å². The Kier molecular flexibility index (Phi) is 4.05. The number of nitrogens with one attached hydrogen (secondary N) is 3. The number of piperidine rings is 1. The number of hydrogen-bond acceptors (Lipinski definition) is 7. The Hall–Kier alpha value is -2.09. The van der Waals surface area contributed by atoms with Crippen LogP contribution in [0.4, 0.5) is 5.82 Å². The Bertz CT molecular complexity index is 576. The topological polar surface area (TPSA) is 104 Å². The summed E-state index contributed by atoms with van der Waals surface area (Å²) in [6.45, 7) is 6.01. The van der Waals surface area contributed by atoms with E-state index in [0.29, 0.717) is 11.7 Å². The van der Waals surface area contributed by atoms with Gasteiger partial charge >= 0.3 is 0 Å². The first-order valence-electron chi connectivity index (χ1n) is 7.28. The molecule has 21 heavy (non-hydrogen) atoms. The number of aromatic nitrogens is 6. The van der Waals surface area contributed by atoms with Crippen LogP contribution in [0.15, 0.2) is 6.07 Å². The van der Waals surface area contributed by atoms with Gasteiger partial charge in [-0.3, -0.25) is 0 Å². The average Bonchev–Trinajstić information content (AvgIpc) is 3.02.